The fourth-order valence-electron chi connectivity index (χ4n) is 2.37. The van der Waals surface area contributed by atoms with E-state index in [0.29, 0.717) is 6.54 Å². The van der Waals surface area contributed by atoms with Gasteiger partial charge >= 0.3 is 0 Å². The summed E-state index contributed by atoms with van der Waals surface area (Å²) in [6.45, 7) is 2.60. The van der Waals surface area contributed by atoms with Gasteiger partial charge < -0.3 is 5.32 Å². The van der Waals surface area contributed by atoms with Crippen molar-refractivity contribution in [1.82, 2.24) is 5.32 Å². The van der Waals surface area contributed by atoms with Crippen LogP contribution in [0.5, 0.6) is 0 Å². The average Bonchev–Trinajstić information content (AvgIpc) is 2.44. The molecule has 0 aromatic heterocycles. The lowest BCUT2D eigenvalue weighted by Gasteiger charge is -2.21. The number of amides is 1. The number of hydrogen-bond acceptors (Lipinski definition) is 2. The van der Waals surface area contributed by atoms with E-state index in [2.05, 4.69) is 35.6 Å². The highest BCUT2D eigenvalue weighted by atomic mass is 32.2. The molecule has 2 aromatic rings. The zero-order chi connectivity index (χ0) is 13.2. The molecule has 0 bridgehead atoms. The zero-order valence-corrected chi connectivity index (χ0v) is 11.6. The lowest BCUT2D eigenvalue weighted by Crippen LogP contribution is -2.24. The second kappa shape index (κ2) is 5.10. The van der Waals surface area contributed by atoms with E-state index in [0.717, 1.165) is 17.5 Å². The highest BCUT2D eigenvalue weighted by molar-refractivity contribution is 7.99. The minimum atomic E-state index is 0.0272. The number of carbonyl (C=O) groups is 1. The third-order valence-electron chi connectivity index (χ3n) is 3.27. The molecule has 1 heterocycles. The molecule has 1 N–H and O–H groups in total. The van der Waals surface area contributed by atoms with Crippen molar-refractivity contribution >= 4 is 17.7 Å². The summed E-state index contributed by atoms with van der Waals surface area (Å²) in [5.41, 5.74) is 3.26. The molecule has 0 unspecified atom stereocenters. The number of fused-ring (bicyclic) bond motifs is 2. The van der Waals surface area contributed by atoms with Crippen LogP contribution in [0.4, 0.5) is 0 Å². The minimum absolute atomic E-state index is 0.0272. The van der Waals surface area contributed by atoms with Crippen LogP contribution in [0.3, 0.4) is 0 Å². The van der Waals surface area contributed by atoms with E-state index in [1.807, 2.05) is 19.1 Å². The highest BCUT2D eigenvalue weighted by Crippen LogP contribution is 2.40. The molecule has 3 heteroatoms. The van der Waals surface area contributed by atoms with Gasteiger partial charge in [-0.1, -0.05) is 36.0 Å². The third-order valence-corrected chi connectivity index (χ3v) is 4.50. The molecule has 1 aliphatic heterocycles. The van der Waals surface area contributed by atoms with Gasteiger partial charge in [0.05, 0.1) is 0 Å². The molecule has 0 atom stereocenters. The largest absolute Gasteiger partial charge is 0.352 e. The van der Waals surface area contributed by atoms with Crippen LogP contribution in [0.25, 0.3) is 0 Å². The first-order valence-electron chi connectivity index (χ1n) is 6.45. The predicted octanol–water partition coefficient (Wildman–Crippen LogP) is 3.49. The molecule has 0 spiro atoms. The monoisotopic (exact) mass is 269 g/mol. The van der Waals surface area contributed by atoms with Crippen molar-refractivity contribution in [3.05, 3.63) is 59.2 Å². The standard InChI is InChI=1S/C16H15NOS/c1-2-17-16(18)12-7-5-9-15-13(12)10-11-6-3-4-8-14(11)19-15/h3-9H,2,10H2,1H3,(H,17,18). The molecule has 1 amide bonds. The second-order valence-electron chi connectivity index (χ2n) is 4.53. The van der Waals surface area contributed by atoms with Gasteiger partial charge in [0.15, 0.2) is 0 Å². The second-order valence-corrected chi connectivity index (χ2v) is 5.61. The molecule has 0 saturated heterocycles. The van der Waals surface area contributed by atoms with Crippen molar-refractivity contribution in [2.24, 2.45) is 0 Å². The van der Waals surface area contributed by atoms with Crippen LogP contribution < -0.4 is 5.32 Å². The number of nitrogens with one attached hydrogen (secondary N) is 1. The van der Waals surface area contributed by atoms with Gasteiger partial charge in [-0.2, -0.15) is 0 Å². The summed E-state index contributed by atoms with van der Waals surface area (Å²) in [5.74, 6) is 0.0272. The fourth-order valence-corrected chi connectivity index (χ4v) is 3.48. The summed E-state index contributed by atoms with van der Waals surface area (Å²) in [4.78, 5) is 14.6. The van der Waals surface area contributed by atoms with Gasteiger partial charge in [-0.3, -0.25) is 4.79 Å². The van der Waals surface area contributed by atoms with Crippen molar-refractivity contribution in [2.45, 2.75) is 23.1 Å². The van der Waals surface area contributed by atoms with E-state index in [4.69, 9.17) is 0 Å². The first kappa shape index (κ1) is 12.3. The maximum Gasteiger partial charge on any atom is 0.251 e. The molecule has 3 rings (SSSR count). The van der Waals surface area contributed by atoms with E-state index in [1.165, 1.54) is 15.4 Å². The van der Waals surface area contributed by atoms with Crippen LogP contribution >= 0.6 is 11.8 Å². The number of benzene rings is 2. The molecule has 0 radical (unpaired) electrons. The first-order valence-corrected chi connectivity index (χ1v) is 7.27. The molecule has 2 aromatic carbocycles. The van der Waals surface area contributed by atoms with Gasteiger partial charge in [0.1, 0.15) is 0 Å². The average molecular weight is 269 g/mol. The van der Waals surface area contributed by atoms with Gasteiger partial charge in [0.2, 0.25) is 0 Å². The number of carbonyl (C=O) groups excluding carboxylic acids is 1. The quantitative estimate of drug-likeness (QED) is 0.771. The highest BCUT2D eigenvalue weighted by Gasteiger charge is 2.20. The lowest BCUT2D eigenvalue weighted by molar-refractivity contribution is 0.0954. The molecule has 96 valence electrons. The summed E-state index contributed by atoms with van der Waals surface area (Å²) in [5, 5.41) is 2.89. The van der Waals surface area contributed by atoms with Gasteiger partial charge in [-0.05, 0) is 36.2 Å². The van der Waals surface area contributed by atoms with Gasteiger partial charge in [0.25, 0.3) is 5.91 Å². The van der Waals surface area contributed by atoms with Crippen LogP contribution in [0, 0.1) is 0 Å². The van der Waals surface area contributed by atoms with Crippen LogP contribution in [0.2, 0.25) is 0 Å². The Labute approximate surface area is 117 Å². The van der Waals surface area contributed by atoms with Crippen molar-refractivity contribution < 1.29 is 4.79 Å². The van der Waals surface area contributed by atoms with Gasteiger partial charge in [-0.25, -0.2) is 0 Å². The van der Waals surface area contributed by atoms with E-state index < -0.39 is 0 Å². The Morgan fingerprint density at radius 3 is 2.79 bits per heavy atom. The van der Waals surface area contributed by atoms with Gasteiger partial charge in [-0.15, -0.1) is 0 Å². The molecular weight excluding hydrogens is 254 g/mol. The van der Waals surface area contributed by atoms with Crippen molar-refractivity contribution in [2.75, 3.05) is 6.54 Å². The lowest BCUT2D eigenvalue weighted by atomic mass is 9.98. The Balaban J connectivity index is 2.03. The Bertz CT molecular complexity index is 636. The van der Waals surface area contributed by atoms with Crippen molar-refractivity contribution in [3.63, 3.8) is 0 Å². The summed E-state index contributed by atoms with van der Waals surface area (Å²) < 4.78 is 0. The topological polar surface area (TPSA) is 29.1 Å². The van der Waals surface area contributed by atoms with E-state index in [-0.39, 0.29) is 5.91 Å². The molecule has 2 nitrogen and oxygen atoms in total. The summed E-state index contributed by atoms with van der Waals surface area (Å²) in [7, 11) is 0. The molecule has 1 aliphatic rings. The van der Waals surface area contributed by atoms with Crippen LogP contribution in [-0.2, 0) is 6.42 Å². The normalized spacial score (nSPS) is 12.5. The van der Waals surface area contributed by atoms with E-state index >= 15 is 0 Å². The molecule has 0 saturated carbocycles. The smallest absolute Gasteiger partial charge is 0.251 e. The zero-order valence-electron chi connectivity index (χ0n) is 10.8. The summed E-state index contributed by atoms with van der Waals surface area (Å²) >= 11 is 1.75. The van der Waals surface area contributed by atoms with E-state index in [1.54, 1.807) is 11.8 Å². The fraction of sp³-hybridized carbons (Fsp3) is 0.188. The summed E-state index contributed by atoms with van der Waals surface area (Å²) in [6, 6.07) is 14.4. The van der Waals surface area contributed by atoms with Crippen LogP contribution in [0.15, 0.2) is 52.3 Å². The van der Waals surface area contributed by atoms with Crippen LogP contribution in [-0.4, -0.2) is 12.5 Å². The van der Waals surface area contributed by atoms with Crippen molar-refractivity contribution in [3.8, 4) is 0 Å². The van der Waals surface area contributed by atoms with Crippen molar-refractivity contribution in [1.29, 1.82) is 0 Å². The van der Waals surface area contributed by atoms with E-state index in [9.17, 15) is 4.79 Å². The predicted molar refractivity (Wildman–Crippen MR) is 77.8 cm³/mol. The van der Waals surface area contributed by atoms with Gasteiger partial charge in [0, 0.05) is 28.3 Å². The Morgan fingerprint density at radius 2 is 1.95 bits per heavy atom. The molecule has 19 heavy (non-hydrogen) atoms. The SMILES string of the molecule is CCNC(=O)c1cccc2c1Cc1ccccc1S2. The molecule has 0 fully saturated rings. The maximum absolute atomic E-state index is 12.1. The molecular formula is C16H15NOS. The number of rotatable bonds is 2. The molecule has 0 aliphatic carbocycles. The Hall–Kier alpha value is -1.74. The van der Waals surface area contributed by atoms with Crippen LogP contribution in [0.1, 0.15) is 28.4 Å². The minimum Gasteiger partial charge on any atom is -0.352 e. The Morgan fingerprint density at radius 1 is 1.16 bits per heavy atom. The number of hydrogen-bond donors (Lipinski definition) is 1. The Kier molecular flexibility index (Phi) is 3.30. The maximum atomic E-state index is 12.1. The first-order chi connectivity index (χ1) is 9.29. The summed E-state index contributed by atoms with van der Waals surface area (Å²) in [6.07, 6.45) is 0.839. The third kappa shape index (κ3) is 2.26.